The van der Waals surface area contributed by atoms with Crippen LogP contribution in [0.25, 0.3) is 0 Å². The first-order valence-electron chi connectivity index (χ1n) is 7.31. The molecule has 0 spiro atoms. The summed E-state index contributed by atoms with van der Waals surface area (Å²) in [5.74, 6) is 0. The zero-order chi connectivity index (χ0) is 13.2. The van der Waals surface area contributed by atoms with Crippen LogP contribution in [-0.4, -0.2) is 21.0 Å². The normalized spacial score (nSPS) is 20.2. The van der Waals surface area contributed by atoms with Crippen LogP contribution >= 0.6 is 0 Å². The van der Waals surface area contributed by atoms with E-state index in [4.69, 9.17) is 0 Å². The maximum atomic E-state index is 10.6. The van der Waals surface area contributed by atoms with Gasteiger partial charge < -0.3 is 5.11 Å². The first kappa shape index (κ1) is 13.6. The van der Waals surface area contributed by atoms with Crippen molar-refractivity contribution in [1.82, 2.24) is 9.78 Å². The van der Waals surface area contributed by atoms with Gasteiger partial charge in [0, 0.05) is 19.2 Å². The van der Waals surface area contributed by atoms with E-state index in [0.29, 0.717) is 0 Å². The lowest BCUT2D eigenvalue weighted by molar-refractivity contribution is 0.0244. The largest absolute Gasteiger partial charge is 0.392 e. The minimum atomic E-state index is -0.217. The summed E-state index contributed by atoms with van der Waals surface area (Å²) in [5.41, 5.74) is 2.45. The molecule has 1 atom stereocenters. The van der Waals surface area contributed by atoms with Gasteiger partial charge in [-0.05, 0) is 37.2 Å². The summed E-state index contributed by atoms with van der Waals surface area (Å²) in [6, 6.07) is 2.14. The van der Waals surface area contributed by atoms with E-state index in [1.165, 1.54) is 31.4 Å². The highest BCUT2D eigenvalue weighted by atomic mass is 16.3. The Labute approximate surface area is 110 Å². The summed E-state index contributed by atoms with van der Waals surface area (Å²) in [6.45, 7) is 4.34. The Kier molecular flexibility index (Phi) is 4.10. The van der Waals surface area contributed by atoms with Gasteiger partial charge in [0.25, 0.3) is 0 Å². The Morgan fingerprint density at radius 2 is 2.06 bits per heavy atom. The number of aromatic nitrogens is 2. The molecule has 1 N–H and O–H groups in total. The molecule has 0 bridgehead atoms. The molecule has 1 aliphatic carbocycles. The quantitative estimate of drug-likeness (QED) is 0.872. The van der Waals surface area contributed by atoms with Gasteiger partial charge in [0.1, 0.15) is 0 Å². The van der Waals surface area contributed by atoms with E-state index < -0.39 is 0 Å². The Bertz CT molecular complexity index is 391. The van der Waals surface area contributed by atoms with Gasteiger partial charge in [-0.1, -0.05) is 26.7 Å². The summed E-state index contributed by atoms with van der Waals surface area (Å²) in [4.78, 5) is 0. The van der Waals surface area contributed by atoms with Gasteiger partial charge in [0.15, 0.2) is 0 Å². The first-order chi connectivity index (χ1) is 8.61. The Morgan fingerprint density at radius 3 is 2.56 bits per heavy atom. The van der Waals surface area contributed by atoms with E-state index in [2.05, 4.69) is 25.0 Å². The fraction of sp³-hybridized carbons (Fsp3) is 0.800. The molecular formula is C15H26N2O. The molecule has 1 fully saturated rings. The highest BCUT2D eigenvalue weighted by molar-refractivity contribution is 5.12. The number of hydrogen-bond donors (Lipinski definition) is 1. The van der Waals surface area contributed by atoms with E-state index in [0.717, 1.165) is 25.0 Å². The Morgan fingerprint density at radius 1 is 1.39 bits per heavy atom. The van der Waals surface area contributed by atoms with Gasteiger partial charge in [0.2, 0.25) is 0 Å². The lowest BCUT2D eigenvalue weighted by Crippen LogP contribution is -2.34. The second kappa shape index (κ2) is 5.43. The molecule has 1 unspecified atom stereocenters. The average molecular weight is 250 g/mol. The molecule has 2 rings (SSSR count). The summed E-state index contributed by atoms with van der Waals surface area (Å²) < 4.78 is 1.93. The van der Waals surface area contributed by atoms with Crippen LogP contribution in [0.1, 0.15) is 57.3 Å². The van der Waals surface area contributed by atoms with Crippen LogP contribution in [0.5, 0.6) is 0 Å². The minimum Gasteiger partial charge on any atom is -0.392 e. The minimum absolute atomic E-state index is 0.163. The SMILES string of the molecule is CCc1cc(CC(O)C2(CC)CCCC2)n(C)n1. The maximum Gasteiger partial charge on any atom is 0.0651 e. The van der Waals surface area contributed by atoms with Crippen molar-refractivity contribution in [3.8, 4) is 0 Å². The lowest BCUT2D eigenvalue weighted by atomic mass is 9.76. The first-order valence-corrected chi connectivity index (χ1v) is 7.31. The van der Waals surface area contributed by atoms with Crippen molar-refractivity contribution in [3.63, 3.8) is 0 Å². The van der Waals surface area contributed by atoms with Crippen molar-refractivity contribution >= 4 is 0 Å². The Balaban J connectivity index is 2.10. The average Bonchev–Trinajstić information content (AvgIpc) is 2.97. The van der Waals surface area contributed by atoms with Crippen molar-refractivity contribution in [1.29, 1.82) is 0 Å². The fourth-order valence-electron chi connectivity index (χ4n) is 3.35. The van der Waals surface area contributed by atoms with Crippen LogP contribution in [0, 0.1) is 5.41 Å². The molecule has 1 aromatic heterocycles. The molecule has 18 heavy (non-hydrogen) atoms. The van der Waals surface area contributed by atoms with Gasteiger partial charge in [-0.25, -0.2) is 0 Å². The standard InChI is InChI=1S/C15H26N2O/c1-4-12-10-13(17(3)16-12)11-14(18)15(5-2)8-6-7-9-15/h10,14,18H,4-9,11H2,1-3H3. The van der Waals surface area contributed by atoms with Crippen LogP contribution in [0.3, 0.4) is 0 Å². The van der Waals surface area contributed by atoms with Crippen molar-refractivity contribution < 1.29 is 5.11 Å². The monoisotopic (exact) mass is 250 g/mol. The molecule has 0 saturated heterocycles. The van der Waals surface area contributed by atoms with Crippen LogP contribution in [0.15, 0.2) is 6.07 Å². The zero-order valence-corrected chi connectivity index (χ0v) is 11.9. The molecule has 0 radical (unpaired) electrons. The third kappa shape index (κ3) is 2.46. The summed E-state index contributed by atoms with van der Waals surface area (Å²) in [5, 5.41) is 15.1. The van der Waals surface area contributed by atoms with E-state index >= 15 is 0 Å². The fourth-order valence-corrected chi connectivity index (χ4v) is 3.35. The van der Waals surface area contributed by atoms with Crippen LogP contribution in [0.2, 0.25) is 0 Å². The van der Waals surface area contributed by atoms with Crippen molar-refractivity contribution in [3.05, 3.63) is 17.5 Å². The molecule has 0 aromatic carbocycles. The molecule has 1 heterocycles. The van der Waals surface area contributed by atoms with Gasteiger partial charge >= 0.3 is 0 Å². The van der Waals surface area contributed by atoms with Crippen LogP contribution in [-0.2, 0) is 19.9 Å². The number of aryl methyl sites for hydroxylation is 2. The van der Waals surface area contributed by atoms with Crippen molar-refractivity contribution in [2.24, 2.45) is 12.5 Å². The summed E-state index contributed by atoms with van der Waals surface area (Å²) >= 11 is 0. The Hall–Kier alpha value is -0.830. The predicted octanol–water partition coefficient (Wildman–Crippen LogP) is 2.86. The van der Waals surface area contributed by atoms with E-state index in [-0.39, 0.29) is 11.5 Å². The topological polar surface area (TPSA) is 38.0 Å². The smallest absolute Gasteiger partial charge is 0.0651 e. The molecule has 0 aliphatic heterocycles. The second-order valence-corrected chi connectivity index (χ2v) is 5.75. The second-order valence-electron chi connectivity index (χ2n) is 5.75. The van der Waals surface area contributed by atoms with Gasteiger partial charge in [-0.3, -0.25) is 4.68 Å². The zero-order valence-electron chi connectivity index (χ0n) is 11.9. The van der Waals surface area contributed by atoms with Crippen molar-refractivity contribution in [2.75, 3.05) is 0 Å². The highest BCUT2D eigenvalue weighted by Crippen LogP contribution is 2.44. The molecule has 3 heteroatoms. The van der Waals surface area contributed by atoms with E-state index in [9.17, 15) is 5.11 Å². The third-order valence-corrected chi connectivity index (χ3v) is 4.80. The summed E-state index contributed by atoms with van der Waals surface area (Å²) in [6.07, 6.45) is 7.50. The number of aliphatic hydroxyl groups excluding tert-OH is 1. The van der Waals surface area contributed by atoms with E-state index in [1.807, 2.05) is 11.7 Å². The number of hydrogen-bond acceptors (Lipinski definition) is 2. The van der Waals surface area contributed by atoms with E-state index in [1.54, 1.807) is 0 Å². The molecule has 0 amide bonds. The van der Waals surface area contributed by atoms with Crippen molar-refractivity contribution in [2.45, 2.75) is 64.9 Å². The molecule has 1 aliphatic rings. The van der Waals surface area contributed by atoms with Gasteiger partial charge in [-0.15, -0.1) is 0 Å². The molecule has 3 nitrogen and oxygen atoms in total. The molecule has 102 valence electrons. The summed E-state index contributed by atoms with van der Waals surface area (Å²) in [7, 11) is 1.98. The number of rotatable bonds is 5. The number of aliphatic hydroxyl groups is 1. The molecular weight excluding hydrogens is 224 g/mol. The highest BCUT2D eigenvalue weighted by Gasteiger charge is 2.39. The predicted molar refractivity (Wildman–Crippen MR) is 73.5 cm³/mol. The molecule has 1 saturated carbocycles. The number of nitrogens with zero attached hydrogens (tertiary/aromatic N) is 2. The van der Waals surface area contributed by atoms with Crippen LogP contribution < -0.4 is 0 Å². The van der Waals surface area contributed by atoms with Crippen LogP contribution in [0.4, 0.5) is 0 Å². The molecule has 1 aromatic rings. The third-order valence-electron chi connectivity index (χ3n) is 4.80. The van der Waals surface area contributed by atoms with Gasteiger partial charge in [0.05, 0.1) is 11.8 Å². The van der Waals surface area contributed by atoms with Gasteiger partial charge in [-0.2, -0.15) is 5.10 Å². The lowest BCUT2D eigenvalue weighted by Gasteiger charge is -2.33. The maximum absolute atomic E-state index is 10.6.